The topological polar surface area (TPSA) is 94.2 Å². The Morgan fingerprint density at radius 3 is 2.45 bits per heavy atom. The van der Waals surface area contributed by atoms with Crippen molar-refractivity contribution in [3.63, 3.8) is 0 Å². The number of H-pyrrole nitrogens is 1. The first-order valence-electron chi connectivity index (χ1n) is 12.6. The highest BCUT2D eigenvalue weighted by atomic mass is 19.1. The van der Waals surface area contributed by atoms with Gasteiger partial charge in [0.15, 0.2) is 0 Å². The van der Waals surface area contributed by atoms with Crippen LogP contribution in [0.5, 0.6) is 0 Å². The van der Waals surface area contributed by atoms with E-state index in [4.69, 9.17) is 0 Å². The van der Waals surface area contributed by atoms with E-state index in [9.17, 15) is 23.5 Å². The number of fused-ring (bicyclic) bond motifs is 1. The molecule has 8 heteroatoms. The first-order chi connectivity index (χ1) is 18.2. The summed E-state index contributed by atoms with van der Waals surface area (Å²) in [4.78, 5) is 28.3. The molecule has 1 amide bonds. The lowest BCUT2D eigenvalue weighted by molar-refractivity contribution is 0.0831. The fourth-order valence-electron chi connectivity index (χ4n) is 4.53. The maximum atomic E-state index is 13.9. The van der Waals surface area contributed by atoms with E-state index in [2.05, 4.69) is 28.6 Å². The summed E-state index contributed by atoms with van der Waals surface area (Å²) < 4.78 is 27.8. The number of hydrogen-bond acceptors (Lipinski definition) is 4. The molecule has 4 rings (SSSR count). The smallest absolute Gasteiger partial charge is 0.252 e. The SMILES string of the molecule is CCc1cccc(CNCC(O)C(Cc2cc(F)cc(F)c2)NC(=O)c2cc(=O)[nH]c3ccc(C)cc23)c1. The van der Waals surface area contributed by atoms with Gasteiger partial charge in [-0.2, -0.15) is 0 Å². The number of pyridine rings is 1. The van der Waals surface area contributed by atoms with Crippen LogP contribution in [0.15, 0.2) is 71.5 Å². The van der Waals surface area contributed by atoms with Gasteiger partial charge in [0, 0.05) is 36.1 Å². The number of aromatic amines is 1. The molecule has 0 fully saturated rings. The Bertz CT molecular complexity index is 1480. The summed E-state index contributed by atoms with van der Waals surface area (Å²) >= 11 is 0. The second-order valence-electron chi connectivity index (χ2n) is 9.53. The summed E-state index contributed by atoms with van der Waals surface area (Å²) in [5.41, 5.74) is 3.66. The zero-order chi connectivity index (χ0) is 27.2. The standard InChI is InChI=1S/C30H31F2N3O3/c1-3-19-5-4-6-20(10-19)16-33-17-28(36)27(13-21-11-22(31)14-23(32)12-21)35-30(38)25-15-29(37)34-26-8-7-18(2)9-24(25)26/h4-12,14-15,27-28,33,36H,3,13,16-17H2,1-2H3,(H,34,37)(H,35,38). The zero-order valence-electron chi connectivity index (χ0n) is 21.4. The molecule has 38 heavy (non-hydrogen) atoms. The molecule has 4 aromatic rings. The number of aryl methyl sites for hydroxylation is 2. The number of nitrogens with one attached hydrogen (secondary N) is 3. The van der Waals surface area contributed by atoms with Crippen molar-refractivity contribution in [1.29, 1.82) is 0 Å². The molecule has 0 aliphatic heterocycles. The minimum Gasteiger partial charge on any atom is -0.390 e. The van der Waals surface area contributed by atoms with Crippen LogP contribution in [0.4, 0.5) is 8.78 Å². The molecule has 2 atom stereocenters. The minimum atomic E-state index is -1.09. The summed E-state index contributed by atoms with van der Waals surface area (Å²) in [6, 6.07) is 16.8. The second kappa shape index (κ2) is 12.1. The summed E-state index contributed by atoms with van der Waals surface area (Å²) in [6.45, 7) is 4.57. The lowest BCUT2D eigenvalue weighted by atomic mass is 9.99. The number of rotatable bonds is 10. The maximum absolute atomic E-state index is 13.9. The van der Waals surface area contributed by atoms with Crippen molar-refractivity contribution in [2.75, 3.05) is 6.54 Å². The van der Waals surface area contributed by atoms with Gasteiger partial charge < -0.3 is 20.7 Å². The van der Waals surface area contributed by atoms with E-state index in [1.165, 1.54) is 23.8 Å². The molecule has 0 aliphatic rings. The molecule has 4 N–H and O–H groups in total. The maximum Gasteiger partial charge on any atom is 0.252 e. The number of benzene rings is 3. The van der Waals surface area contributed by atoms with Gasteiger partial charge in [-0.15, -0.1) is 0 Å². The predicted molar refractivity (Wildman–Crippen MR) is 144 cm³/mol. The van der Waals surface area contributed by atoms with Crippen LogP contribution in [0.25, 0.3) is 10.9 Å². The molecule has 0 radical (unpaired) electrons. The van der Waals surface area contributed by atoms with Crippen LogP contribution in [0.1, 0.15) is 39.5 Å². The third-order valence-corrected chi connectivity index (χ3v) is 6.48. The Labute approximate surface area is 219 Å². The number of hydrogen-bond donors (Lipinski definition) is 4. The van der Waals surface area contributed by atoms with Crippen LogP contribution in [0.2, 0.25) is 0 Å². The summed E-state index contributed by atoms with van der Waals surface area (Å²) in [6.07, 6.45) is -0.199. The van der Waals surface area contributed by atoms with Gasteiger partial charge in [-0.25, -0.2) is 8.78 Å². The van der Waals surface area contributed by atoms with E-state index in [-0.39, 0.29) is 24.1 Å². The summed E-state index contributed by atoms with van der Waals surface area (Å²) in [5, 5.41) is 17.6. The van der Waals surface area contributed by atoms with E-state index < -0.39 is 35.2 Å². The van der Waals surface area contributed by atoms with Crippen molar-refractivity contribution >= 4 is 16.8 Å². The van der Waals surface area contributed by atoms with Crippen molar-refractivity contribution < 1.29 is 18.7 Å². The first kappa shape index (κ1) is 27.2. The molecule has 1 aromatic heterocycles. The van der Waals surface area contributed by atoms with Crippen molar-refractivity contribution in [1.82, 2.24) is 15.6 Å². The molecule has 198 valence electrons. The Hall–Kier alpha value is -3.88. The number of carbonyl (C=O) groups excluding carboxylic acids is 1. The lowest BCUT2D eigenvalue weighted by Gasteiger charge is -2.25. The van der Waals surface area contributed by atoms with E-state index in [1.807, 2.05) is 31.2 Å². The van der Waals surface area contributed by atoms with Crippen LogP contribution < -0.4 is 16.2 Å². The Balaban J connectivity index is 1.56. The molecular weight excluding hydrogens is 488 g/mol. The highest BCUT2D eigenvalue weighted by Gasteiger charge is 2.24. The number of aliphatic hydroxyl groups excluding tert-OH is 1. The predicted octanol–water partition coefficient (Wildman–Crippen LogP) is 4.17. The first-order valence-corrected chi connectivity index (χ1v) is 12.6. The molecule has 0 saturated carbocycles. The van der Waals surface area contributed by atoms with E-state index >= 15 is 0 Å². The zero-order valence-corrected chi connectivity index (χ0v) is 21.4. The highest BCUT2D eigenvalue weighted by molar-refractivity contribution is 6.06. The van der Waals surface area contributed by atoms with Crippen molar-refractivity contribution in [2.45, 2.75) is 45.4 Å². The average Bonchev–Trinajstić information content (AvgIpc) is 2.87. The molecule has 1 heterocycles. The molecule has 6 nitrogen and oxygen atoms in total. The van der Waals surface area contributed by atoms with E-state index in [1.54, 1.807) is 12.1 Å². The second-order valence-corrected chi connectivity index (χ2v) is 9.53. The number of amides is 1. The third kappa shape index (κ3) is 6.90. The molecule has 2 unspecified atom stereocenters. The average molecular weight is 520 g/mol. The Morgan fingerprint density at radius 2 is 1.71 bits per heavy atom. The van der Waals surface area contributed by atoms with Crippen molar-refractivity contribution in [3.05, 3.63) is 117 Å². The fourth-order valence-corrected chi connectivity index (χ4v) is 4.53. The molecular formula is C30H31F2N3O3. The van der Waals surface area contributed by atoms with Crippen molar-refractivity contribution in [2.24, 2.45) is 0 Å². The van der Waals surface area contributed by atoms with Crippen LogP contribution in [0, 0.1) is 18.6 Å². The van der Waals surface area contributed by atoms with Gasteiger partial charge in [-0.05, 0) is 60.7 Å². The van der Waals surface area contributed by atoms with E-state index in [0.717, 1.165) is 23.6 Å². The Morgan fingerprint density at radius 1 is 0.974 bits per heavy atom. The van der Waals surface area contributed by atoms with Gasteiger partial charge in [-0.3, -0.25) is 9.59 Å². The van der Waals surface area contributed by atoms with Crippen LogP contribution in [-0.4, -0.2) is 34.7 Å². The Kier molecular flexibility index (Phi) is 8.66. The molecule has 0 bridgehead atoms. The third-order valence-electron chi connectivity index (χ3n) is 6.48. The van der Waals surface area contributed by atoms with Gasteiger partial charge in [0.05, 0.1) is 17.7 Å². The minimum absolute atomic E-state index is 0.0191. The fraction of sp³-hybridized carbons (Fsp3) is 0.267. The number of halogens is 2. The number of aliphatic hydroxyl groups is 1. The number of carbonyl (C=O) groups is 1. The van der Waals surface area contributed by atoms with Gasteiger partial charge >= 0.3 is 0 Å². The van der Waals surface area contributed by atoms with Crippen LogP contribution in [0.3, 0.4) is 0 Å². The molecule has 0 saturated heterocycles. The highest BCUT2D eigenvalue weighted by Crippen LogP contribution is 2.18. The monoisotopic (exact) mass is 519 g/mol. The molecule has 0 spiro atoms. The van der Waals surface area contributed by atoms with Gasteiger partial charge in [0.25, 0.3) is 5.91 Å². The summed E-state index contributed by atoms with van der Waals surface area (Å²) in [7, 11) is 0. The number of aromatic nitrogens is 1. The van der Waals surface area contributed by atoms with Crippen molar-refractivity contribution in [3.8, 4) is 0 Å². The largest absolute Gasteiger partial charge is 0.390 e. The molecule has 3 aromatic carbocycles. The van der Waals surface area contributed by atoms with E-state index in [0.29, 0.717) is 17.4 Å². The van der Waals surface area contributed by atoms with Crippen LogP contribution >= 0.6 is 0 Å². The normalized spacial score (nSPS) is 12.9. The quantitative estimate of drug-likeness (QED) is 0.253. The lowest BCUT2D eigenvalue weighted by Crippen LogP contribution is -2.48. The van der Waals surface area contributed by atoms with Gasteiger partial charge in [0.1, 0.15) is 11.6 Å². The van der Waals surface area contributed by atoms with Crippen LogP contribution in [-0.2, 0) is 19.4 Å². The van der Waals surface area contributed by atoms with Gasteiger partial charge in [0.2, 0.25) is 5.56 Å². The van der Waals surface area contributed by atoms with Gasteiger partial charge in [-0.1, -0.05) is 42.8 Å². The molecule has 0 aliphatic carbocycles. The summed E-state index contributed by atoms with van der Waals surface area (Å²) in [5.74, 6) is -2.06.